The number of halogens is 3. The number of benzene rings is 2. The van der Waals surface area contributed by atoms with Crippen LogP contribution in [0.15, 0.2) is 36.5 Å². The Morgan fingerprint density at radius 1 is 1.13 bits per heavy atom. The maximum atomic E-state index is 15.3. The molecule has 38 heavy (non-hydrogen) atoms. The van der Waals surface area contributed by atoms with Gasteiger partial charge in [0.15, 0.2) is 17.4 Å². The number of anilines is 1. The zero-order chi connectivity index (χ0) is 27.8. The van der Waals surface area contributed by atoms with Crippen molar-refractivity contribution < 1.29 is 26.3 Å². The Kier molecular flexibility index (Phi) is 7.72. The lowest BCUT2D eigenvalue weighted by Gasteiger charge is -2.44. The average molecular weight is 549 g/mol. The van der Waals surface area contributed by atoms with Crippen LogP contribution in [-0.4, -0.2) is 42.3 Å². The van der Waals surface area contributed by atoms with Gasteiger partial charge in [-0.1, -0.05) is 19.1 Å². The van der Waals surface area contributed by atoms with Crippen LogP contribution < -0.4 is 14.8 Å². The minimum Gasteiger partial charge on any atom is -0.481 e. The number of ether oxygens (including phenoxy) is 1. The van der Waals surface area contributed by atoms with Crippen LogP contribution >= 0.6 is 0 Å². The van der Waals surface area contributed by atoms with Crippen molar-refractivity contribution in [2.45, 2.75) is 58.6 Å². The number of nitrogens with zero attached hydrogens (tertiary/aromatic N) is 3. The van der Waals surface area contributed by atoms with Crippen molar-refractivity contribution in [2.75, 3.05) is 17.2 Å². The second-order valence-corrected chi connectivity index (χ2v) is 12.0. The summed E-state index contributed by atoms with van der Waals surface area (Å²) in [7, 11) is -3.72. The molecular formula is C27H31F3N4O3S. The van der Waals surface area contributed by atoms with Crippen molar-refractivity contribution in [1.29, 1.82) is 0 Å². The number of primary sulfonamides is 1. The molecule has 0 amide bonds. The molecule has 2 N–H and O–H groups in total. The number of nitrogens with two attached hydrogens (primary N) is 1. The lowest BCUT2D eigenvalue weighted by molar-refractivity contribution is 0.0960. The van der Waals surface area contributed by atoms with Crippen LogP contribution in [0.4, 0.5) is 18.9 Å². The lowest BCUT2D eigenvalue weighted by Crippen LogP contribution is -2.50. The quantitative estimate of drug-likeness (QED) is 0.436. The van der Waals surface area contributed by atoms with E-state index >= 15 is 4.39 Å². The van der Waals surface area contributed by atoms with Gasteiger partial charge in [-0.05, 0) is 62.9 Å². The SMILES string of the molecule is CCC(C)N1CC(C)(C)Oc2c(F)cc(-c3nc(Cc4ccc(CCS(N)(=O)=O)c(F)c4)ncc3F)cc21. The summed E-state index contributed by atoms with van der Waals surface area (Å²) in [6, 6.07) is 7.32. The van der Waals surface area contributed by atoms with E-state index in [1.807, 2.05) is 27.7 Å². The topological polar surface area (TPSA) is 98.4 Å². The first kappa shape index (κ1) is 27.8. The number of aromatic nitrogens is 2. The summed E-state index contributed by atoms with van der Waals surface area (Å²) < 4.78 is 73.0. The fourth-order valence-electron chi connectivity index (χ4n) is 4.48. The van der Waals surface area contributed by atoms with E-state index in [9.17, 15) is 17.2 Å². The molecule has 0 radical (unpaired) electrons. The van der Waals surface area contributed by atoms with Crippen LogP contribution in [0.25, 0.3) is 11.3 Å². The second kappa shape index (κ2) is 10.5. The maximum absolute atomic E-state index is 15.3. The van der Waals surface area contributed by atoms with Gasteiger partial charge < -0.3 is 9.64 Å². The molecule has 2 heterocycles. The van der Waals surface area contributed by atoms with Gasteiger partial charge in [-0.2, -0.15) is 0 Å². The number of hydrogen-bond donors (Lipinski definition) is 1. The van der Waals surface area contributed by atoms with E-state index in [1.165, 1.54) is 18.2 Å². The number of fused-ring (bicyclic) bond motifs is 1. The minimum absolute atomic E-state index is 0.0550. The lowest BCUT2D eigenvalue weighted by atomic mass is 10.00. The van der Waals surface area contributed by atoms with Gasteiger partial charge in [0.2, 0.25) is 10.0 Å². The first-order valence-corrected chi connectivity index (χ1v) is 14.1. The molecule has 3 aromatic rings. The van der Waals surface area contributed by atoms with Crippen molar-refractivity contribution in [1.82, 2.24) is 9.97 Å². The highest BCUT2D eigenvalue weighted by molar-refractivity contribution is 7.89. The van der Waals surface area contributed by atoms with E-state index in [2.05, 4.69) is 14.9 Å². The number of rotatable bonds is 8. The molecule has 0 aliphatic carbocycles. The molecule has 204 valence electrons. The third-order valence-corrected chi connectivity index (χ3v) is 7.36. The highest BCUT2D eigenvalue weighted by atomic mass is 32.2. The number of aryl methyl sites for hydroxylation is 1. The molecule has 4 rings (SSSR count). The molecule has 0 bridgehead atoms. The van der Waals surface area contributed by atoms with Gasteiger partial charge in [0.1, 0.15) is 22.9 Å². The Bertz CT molecular complexity index is 1460. The predicted molar refractivity (Wildman–Crippen MR) is 140 cm³/mol. The number of hydrogen-bond acceptors (Lipinski definition) is 6. The number of sulfonamides is 1. The summed E-state index contributed by atoms with van der Waals surface area (Å²) in [5, 5.41) is 5.00. The fraction of sp³-hybridized carbons (Fsp3) is 0.407. The Labute approximate surface area is 220 Å². The third-order valence-electron chi connectivity index (χ3n) is 6.59. The molecular weight excluding hydrogens is 517 g/mol. The molecule has 0 saturated carbocycles. The van der Waals surface area contributed by atoms with E-state index in [-0.39, 0.29) is 53.0 Å². The van der Waals surface area contributed by atoms with Gasteiger partial charge in [-0.15, -0.1) is 0 Å². The van der Waals surface area contributed by atoms with E-state index < -0.39 is 33.1 Å². The third kappa shape index (κ3) is 6.27. The van der Waals surface area contributed by atoms with Crippen molar-refractivity contribution in [3.05, 3.63) is 70.9 Å². The van der Waals surface area contributed by atoms with Crippen LogP contribution in [0.1, 0.15) is 51.1 Å². The molecule has 0 saturated heterocycles. The fourth-order valence-corrected chi connectivity index (χ4v) is 4.98. The summed E-state index contributed by atoms with van der Waals surface area (Å²) in [6.45, 7) is 8.40. The molecule has 1 aromatic heterocycles. The monoisotopic (exact) mass is 548 g/mol. The zero-order valence-electron chi connectivity index (χ0n) is 21.8. The first-order chi connectivity index (χ1) is 17.8. The van der Waals surface area contributed by atoms with Crippen LogP contribution in [0, 0.1) is 17.5 Å². The smallest absolute Gasteiger partial charge is 0.209 e. The van der Waals surface area contributed by atoms with Crippen molar-refractivity contribution in [2.24, 2.45) is 5.14 Å². The Morgan fingerprint density at radius 2 is 1.87 bits per heavy atom. The second-order valence-electron chi connectivity index (χ2n) is 10.3. The summed E-state index contributed by atoms with van der Waals surface area (Å²) in [5.41, 5.74) is 0.818. The Balaban J connectivity index is 1.66. The van der Waals surface area contributed by atoms with Crippen molar-refractivity contribution in [3.8, 4) is 17.0 Å². The minimum atomic E-state index is -3.72. The summed E-state index contributed by atoms with van der Waals surface area (Å²) in [5.74, 6) is -1.95. The highest BCUT2D eigenvalue weighted by Gasteiger charge is 2.36. The molecule has 0 spiro atoms. The average Bonchev–Trinajstić information content (AvgIpc) is 2.83. The zero-order valence-corrected chi connectivity index (χ0v) is 22.6. The Morgan fingerprint density at radius 3 is 2.53 bits per heavy atom. The normalized spacial score (nSPS) is 15.6. The van der Waals surface area contributed by atoms with Crippen molar-refractivity contribution >= 4 is 15.7 Å². The van der Waals surface area contributed by atoms with Gasteiger partial charge in [0.25, 0.3) is 0 Å². The molecule has 0 fully saturated rings. The molecule has 7 nitrogen and oxygen atoms in total. The van der Waals surface area contributed by atoms with Gasteiger partial charge >= 0.3 is 0 Å². The van der Waals surface area contributed by atoms with Crippen LogP contribution in [0.2, 0.25) is 0 Å². The van der Waals surface area contributed by atoms with Gasteiger partial charge in [-0.3, -0.25) is 0 Å². The Hall–Kier alpha value is -3.18. The highest BCUT2D eigenvalue weighted by Crippen LogP contribution is 2.43. The van der Waals surface area contributed by atoms with E-state index in [4.69, 9.17) is 9.88 Å². The molecule has 2 aromatic carbocycles. The van der Waals surface area contributed by atoms with Crippen LogP contribution in [-0.2, 0) is 22.9 Å². The van der Waals surface area contributed by atoms with Crippen LogP contribution in [0.3, 0.4) is 0 Å². The van der Waals surface area contributed by atoms with E-state index in [0.717, 1.165) is 12.6 Å². The standard InChI is InChI=1S/C27H31F3N4O3S/c1-5-16(2)34-15-27(3,4)37-26-21(29)12-19(13-23(26)34)25-22(30)14-32-24(33-25)11-17-6-7-18(20(28)10-17)8-9-38(31,35)36/h6-7,10,12-14,16H,5,8-9,11,15H2,1-4H3,(H2,31,35,36). The summed E-state index contributed by atoms with van der Waals surface area (Å²) in [6.07, 6.45) is 1.87. The van der Waals surface area contributed by atoms with Crippen LogP contribution in [0.5, 0.6) is 5.75 Å². The molecule has 1 unspecified atom stereocenters. The summed E-state index contributed by atoms with van der Waals surface area (Å²) in [4.78, 5) is 10.4. The molecule has 1 aliphatic heterocycles. The molecule has 1 aliphatic rings. The van der Waals surface area contributed by atoms with E-state index in [1.54, 1.807) is 12.1 Å². The first-order valence-electron chi connectivity index (χ1n) is 12.3. The van der Waals surface area contributed by atoms with E-state index in [0.29, 0.717) is 17.8 Å². The van der Waals surface area contributed by atoms with Gasteiger partial charge in [-0.25, -0.2) is 36.7 Å². The van der Waals surface area contributed by atoms with Crippen molar-refractivity contribution in [3.63, 3.8) is 0 Å². The summed E-state index contributed by atoms with van der Waals surface area (Å²) >= 11 is 0. The largest absolute Gasteiger partial charge is 0.481 e. The van der Waals surface area contributed by atoms with Gasteiger partial charge in [0.05, 0.1) is 24.2 Å². The maximum Gasteiger partial charge on any atom is 0.209 e. The molecule has 1 atom stereocenters. The molecule has 11 heteroatoms. The predicted octanol–water partition coefficient (Wildman–Crippen LogP) is 4.76. The van der Waals surface area contributed by atoms with Gasteiger partial charge in [0, 0.05) is 18.0 Å².